The fourth-order valence-corrected chi connectivity index (χ4v) is 4.77. The SMILES string of the molecule is Cc1ccc(N2CCN3C(=O)C(CCCc4cccn5ncnc45)C[C@H]3C2)cn1. The summed E-state index contributed by atoms with van der Waals surface area (Å²) in [6, 6.07) is 8.63. The number of rotatable bonds is 5. The number of anilines is 1. The highest BCUT2D eigenvalue weighted by Crippen LogP contribution is 2.32. The van der Waals surface area contributed by atoms with E-state index in [2.05, 4.69) is 43.1 Å². The van der Waals surface area contributed by atoms with Crippen molar-refractivity contribution in [1.29, 1.82) is 0 Å². The van der Waals surface area contributed by atoms with Crippen molar-refractivity contribution in [1.82, 2.24) is 24.5 Å². The quantitative estimate of drug-likeness (QED) is 0.670. The molecule has 1 unspecified atom stereocenters. The van der Waals surface area contributed by atoms with Gasteiger partial charge in [-0.05, 0) is 56.4 Å². The van der Waals surface area contributed by atoms with E-state index in [1.807, 2.05) is 29.9 Å². The standard InChI is InChI=1S/C22H26N6O/c1-16-7-8-19(13-23-16)26-10-11-27-20(14-26)12-18(22(27)29)5-2-4-17-6-3-9-28-21(17)24-15-25-28/h3,6-9,13,15,18,20H,2,4-5,10-12,14H2,1H3/t18?,20-/m0/s1. The molecule has 0 aliphatic carbocycles. The van der Waals surface area contributed by atoms with Gasteiger partial charge in [0.1, 0.15) is 6.33 Å². The van der Waals surface area contributed by atoms with Crippen LogP contribution in [0.3, 0.4) is 0 Å². The molecule has 0 saturated carbocycles. The molecule has 0 aromatic carbocycles. The van der Waals surface area contributed by atoms with Crippen LogP contribution in [0.2, 0.25) is 0 Å². The number of hydrogen-bond donors (Lipinski definition) is 0. The molecule has 29 heavy (non-hydrogen) atoms. The van der Waals surface area contributed by atoms with Crippen molar-refractivity contribution >= 4 is 17.2 Å². The van der Waals surface area contributed by atoms with Gasteiger partial charge >= 0.3 is 0 Å². The first-order valence-electron chi connectivity index (χ1n) is 10.4. The Morgan fingerprint density at radius 2 is 2.10 bits per heavy atom. The predicted molar refractivity (Wildman–Crippen MR) is 111 cm³/mol. The van der Waals surface area contributed by atoms with Crippen molar-refractivity contribution in [3.63, 3.8) is 0 Å². The third-order valence-corrected chi connectivity index (χ3v) is 6.32. The molecule has 0 N–H and O–H groups in total. The number of carbonyl (C=O) groups is 1. The summed E-state index contributed by atoms with van der Waals surface area (Å²) in [5.74, 6) is 0.492. The van der Waals surface area contributed by atoms with Crippen LogP contribution in [0.1, 0.15) is 30.5 Å². The van der Waals surface area contributed by atoms with Crippen molar-refractivity contribution in [2.75, 3.05) is 24.5 Å². The Labute approximate surface area is 170 Å². The maximum absolute atomic E-state index is 12.9. The molecule has 3 aromatic rings. The highest BCUT2D eigenvalue weighted by Gasteiger charge is 2.41. The minimum atomic E-state index is 0.147. The first kappa shape index (κ1) is 18.1. The zero-order chi connectivity index (χ0) is 19.8. The Bertz CT molecular complexity index is 1010. The molecule has 3 aromatic heterocycles. The number of piperazine rings is 1. The largest absolute Gasteiger partial charge is 0.366 e. The summed E-state index contributed by atoms with van der Waals surface area (Å²) >= 11 is 0. The smallest absolute Gasteiger partial charge is 0.226 e. The number of amides is 1. The third kappa shape index (κ3) is 3.45. The molecule has 2 aliphatic heterocycles. The summed E-state index contributed by atoms with van der Waals surface area (Å²) in [5, 5.41) is 4.20. The van der Waals surface area contributed by atoms with E-state index in [1.54, 1.807) is 6.33 Å². The maximum atomic E-state index is 12.9. The molecular weight excluding hydrogens is 364 g/mol. The van der Waals surface area contributed by atoms with Crippen LogP contribution in [-0.2, 0) is 11.2 Å². The van der Waals surface area contributed by atoms with Gasteiger partial charge < -0.3 is 9.80 Å². The second kappa shape index (κ2) is 7.46. The fraction of sp³-hybridized carbons (Fsp3) is 0.455. The van der Waals surface area contributed by atoms with Gasteiger partial charge in [0.15, 0.2) is 5.65 Å². The molecule has 2 fully saturated rings. The molecule has 2 saturated heterocycles. The topological polar surface area (TPSA) is 66.6 Å². The van der Waals surface area contributed by atoms with E-state index in [9.17, 15) is 4.79 Å². The van der Waals surface area contributed by atoms with Gasteiger partial charge in [-0.15, -0.1) is 0 Å². The van der Waals surface area contributed by atoms with Gasteiger partial charge in [-0.25, -0.2) is 9.50 Å². The first-order valence-corrected chi connectivity index (χ1v) is 10.4. The van der Waals surface area contributed by atoms with E-state index in [0.717, 1.165) is 62.3 Å². The van der Waals surface area contributed by atoms with Crippen LogP contribution in [0.25, 0.3) is 5.65 Å². The Kier molecular flexibility index (Phi) is 4.66. The van der Waals surface area contributed by atoms with Crippen molar-refractivity contribution in [2.24, 2.45) is 5.92 Å². The number of hydrogen-bond acceptors (Lipinski definition) is 5. The number of aryl methyl sites for hydroxylation is 2. The summed E-state index contributed by atoms with van der Waals surface area (Å²) in [6.45, 7) is 4.61. The van der Waals surface area contributed by atoms with Crippen molar-refractivity contribution in [3.8, 4) is 0 Å². The second-order valence-electron chi connectivity index (χ2n) is 8.18. The van der Waals surface area contributed by atoms with Crippen LogP contribution >= 0.6 is 0 Å². The van der Waals surface area contributed by atoms with E-state index in [0.29, 0.717) is 11.9 Å². The van der Waals surface area contributed by atoms with Gasteiger partial charge in [-0.3, -0.25) is 9.78 Å². The van der Waals surface area contributed by atoms with Gasteiger partial charge in [-0.2, -0.15) is 5.10 Å². The van der Waals surface area contributed by atoms with Crippen molar-refractivity contribution in [3.05, 3.63) is 54.2 Å². The molecule has 7 nitrogen and oxygen atoms in total. The Morgan fingerprint density at radius 1 is 1.17 bits per heavy atom. The van der Waals surface area contributed by atoms with Crippen LogP contribution < -0.4 is 4.90 Å². The average Bonchev–Trinajstić information content (AvgIpc) is 3.34. The Balaban J connectivity index is 1.19. The van der Waals surface area contributed by atoms with Gasteiger partial charge in [-0.1, -0.05) is 6.07 Å². The number of pyridine rings is 2. The number of aromatic nitrogens is 4. The van der Waals surface area contributed by atoms with Crippen LogP contribution in [0.15, 0.2) is 43.0 Å². The molecule has 7 heteroatoms. The zero-order valence-corrected chi connectivity index (χ0v) is 16.7. The van der Waals surface area contributed by atoms with E-state index >= 15 is 0 Å². The highest BCUT2D eigenvalue weighted by atomic mass is 16.2. The van der Waals surface area contributed by atoms with E-state index in [4.69, 9.17) is 0 Å². The molecular formula is C22H26N6O. The summed E-state index contributed by atoms with van der Waals surface area (Å²) < 4.78 is 1.81. The third-order valence-electron chi connectivity index (χ3n) is 6.32. The molecule has 5 heterocycles. The van der Waals surface area contributed by atoms with Gasteiger partial charge in [0.25, 0.3) is 0 Å². The van der Waals surface area contributed by atoms with E-state index in [1.165, 1.54) is 5.56 Å². The van der Waals surface area contributed by atoms with Gasteiger partial charge in [0.05, 0.1) is 17.9 Å². The lowest BCUT2D eigenvalue weighted by molar-refractivity contribution is -0.132. The van der Waals surface area contributed by atoms with Gasteiger partial charge in [0, 0.05) is 37.4 Å². The van der Waals surface area contributed by atoms with E-state index < -0.39 is 0 Å². The van der Waals surface area contributed by atoms with Crippen LogP contribution in [0.5, 0.6) is 0 Å². The lowest BCUT2D eigenvalue weighted by Gasteiger charge is -2.38. The summed E-state index contributed by atoms with van der Waals surface area (Å²) in [5.41, 5.74) is 4.31. The predicted octanol–water partition coefficient (Wildman–Crippen LogP) is 2.49. The summed E-state index contributed by atoms with van der Waals surface area (Å²) in [4.78, 5) is 26.2. The summed E-state index contributed by atoms with van der Waals surface area (Å²) in [7, 11) is 0. The number of fused-ring (bicyclic) bond motifs is 2. The number of carbonyl (C=O) groups excluding carboxylic acids is 1. The minimum Gasteiger partial charge on any atom is -0.366 e. The molecule has 2 atom stereocenters. The fourth-order valence-electron chi connectivity index (χ4n) is 4.77. The lowest BCUT2D eigenvalue weighted by atomic mass is 9.96. The maximum Gasteiger partial charge on any atom is 0.226 e. The average molecular weight is 390 g/mol. The molecule has 0 bridgehead atoms. The molecule has 5 rings (SSSR count). The number of nitrogens with zero attached hydrogens (tertiary/aromatic N) is 6. The van der Waals surface area contributed by atoms with Crippen molar-refractivity contribution < 1.29 is 4.79 Å². The Hall–Kier alpha value is -2.96. The zero-order valence-electron chi connectivity index (χ0n) is 16.7. The highest BCUT2D eigenvalue weighted by molar-refractivity contribution is 5.82. The monoisotopic (exact) mass is 390 g/mol. The molecule has 2 aliphatic rings. The minimum absolute atomic E-state index is 0.147. The van der Waals surface area contributed by atoms with Gasteiger partial charge in [0.2, 0.25) is 5.91 Å². The molecule has 1 amide bonds. The van der Waals surface area contributed by atoms with Crippen LogP contribution in [-0.4, -0.2) is 56.1 Å². The van der Waals surface area contributed by atoms with Crippen molar-refractivity contribution in [2.45, 2.75) is 38.6 Å². The molecule has 150 valence electrons. The molecule has 0 spiro atoms. The Morgan fingerprint density at radius 3 is 2.97 bits per heavy atom. The van der Waals surface area contributed by atoms with Crippen LogP contribution in [0.4, 0.5) is 5.69 Å². The molecule has 0 radical (unpaired) electrons. The second-order valence-corrected chi connectivity index (χ2v) is 8.18. The normalized spacial score (nSPS) is 21.8. The van der Waals surface area contributed by atoms with E-state index in [-0.39, 0.29) is 5.92 Å². The first-order chi connectivity index (χ1) is 14.2. The van der Waals surface area contributed by atoms with Crippen LogP contribution in [0, 0.1) is 12.8 Å². The summed E-state index contributed by atoms with van der Waals surface area (Å²) in [6.07, 6.45) is 9.28. The lowest BCUT2D eigenvalue weighted by Crippen LogP contribution is -2.51.